The van der Waals surface area contributed by atoms with Gasteiger partial charge in [0.2, 0.25) is 0 Å². The lowest BCUT2D eigenvalue weighted by atomic mass is 10.5. The topological polar surface area (TPSA) is 45.2 Å². The van der Waals surface area contributed by atoms with Crippen LogP contribution in [-0.2, 0) is 5.88 Å². The summed E-state index contributed by atoms with van der Waals surface area (Å²) in [6.45, 7) is 5.26. The van der Waals surface area contributed by atoms with Gasteiger partial charge < -0.3 is 4.90 Å². The van der Waals surface area contributed by atoms with Crippen LogP contribution in [-0.4, -0.2) is 29.0 Å². The van der Waals surface area contributed by atoms with E-state index in [0.29, 0.717) is 24.1 Å². The number of nitrogens with zero attached hydrogens (tertiary/aromatic N) is 2. The van der Waals surface area contributed by atoms with Crippen LogP contribution in [0.5, 0.6) is 0 Å². The fourth-order valence-electron chi connectivity index (χ4n) is 1.11. The fourth-order valence-corrected chi connectivity index (χ4v) is 2.04. The summed E-state index contributed by atoms with van der Waals surface area (Å²) in [6.07, 6.45) is 0. The SMILES string of the molecule is CCN(CC)C(=O)Nc1nc(CCl)cs1. The Hall–Kier alpha value is -0.810. The second-order valence-electron chi connectivity index (χ2n) is 2.88. The number of alkyl halides is 1. The third-order valence-corrected chi connectivity index (χ3v) is 3.03. The molecule has 4 nitrogen and oxygen atoms in total. The molecule has 0 bridgehead atoms. The number of anilines is 1. The van der Waals surface area contributed by atoms with Crippen LogP contribution in [0, 0.1) is 0 Å². The average Bonchev–Trinajstić information content (AvgIpc) is 2.67. The number of rotatable bonds is 4. The Morgan fingerprint density at radius 3 is 2.73 bits per heavy atom. The molecule has 0 saturated carbocycles. The van der Waals surface area contributed by atoms with Crippen LogP contribution in [0.15, 0.2) is 5.38 Å². The van der Waals surface area contributed by atoms with Gasteiger partial charge in [-0.25, -0.2) is 9.78 Å². The lowest BCUT2D eigenvalue weighted by molar-refractivity contribution is 0.217. The van der Waals surface area contributed by atoms with E-state index in [-0.39, 0.29) is 6.03 Å². The van der Waals surface area contributed by atoms with Crippen LogP contribution in [0.1, 0.15) is 19.5 Å². The van der Waals surface area contributed by atoms with Crippen molar-refractivity contribution in [3.05, 3.63) is 11.1 Å². The standard InChI is InChI=1S/C9H14ClN3OS/c1-3-13(4-2)9(14)12-8-11-7(5-10)6-15-8/h6H,3-5H2,1-2H3,(H,11,12,14). The number of halogens is 1. The fraction of sp³-hybridized carbons (Fsp3) is 0.556. The largest absolute Gasteiger partial charge is 0.325 e. The molecule has 0 aromatic carbocycles. The van der Waals surface area contributed by atoms with Crippen molar-refractivity contribution in [2.24, 2.45) is 0 Å². The zero-order valence-corrected chi connectivity index (χ0v) is 10.4. The highest BCUT2D eigenvalue weighted by molar-refractivity contribution is 7.13. The van der Waals surface area contributed by atoms with E-state index < -0.39 is 0 Å². The lowest BCUT2D eigenvalue weighted by Crippen LogP contribution is -2.34. The van der Waals surface area contributed by atoms with Crippen molar-refractivity contribution in [3.63, 3.8) is 0 Å². The van der Waals surface area contributed by atoms with Gasteiger partial charge in [-0.2, -0.15) is 0 Å². The molecule has 1 aromatic heterocycles. The highest BCUT2D eigenvalue weighted by Gasteiger charge is 2.11. The third-order valence-electron chi connectivity index (χ3n) is 1.95. The first-order chi connectivity index (χ1) is 7.21. The molecule has 15 heavy (non-hydrogen) atoms. The number of hydrogen-bond acceptors (Lipinski definition) is 3. The van der Waals surface area contributed by atoms with E-state index in [1.54, 1.807) is 4.90 Å². The zero-order chi connectivity index (χ0) is 11.3. The molecule has 0 atom stereocenters. The van der Waals surface area contributed by atoms with Crippen LogP contribution < -0.4 is 5.32 Å². The van der Waals surface area contributed by atoms with E-state index in [2.05, 4.69) is 10.3 Å². The molecule has 6 heteroatoms. The second kappa shape index (κ2) is 5.92. The summed E-state index contributed by atoms with van der Waals surface area (Å²) in [4.78, 5) is 17.5. The molecule has 2 amide bonds. The quantitative estimate of drug-likeness (QED) is 0.832. The van der Waals surface area contributed by atoms with E-state index in [1.807, 2.05) is 19.2 Å². The molecular weight excluding hydrogens is 234 g/mol. The summed E-state index contributed by atoms with van der Waals surface area (Å²) < 4.78 is 0. The first-order valence-corrected chi connectivity index (χ1v) is 6.19. The minimum absolute atomic E-state index is 0.115. The van der Waals surface area contributed by atoms with Crippen LogP contribution in [0.4, 0.5) is 9.93 Å². The monoisotopic (exact) mass is 247 g/mol. The van der Waals surface area contributed by atoms with E-state index in [9.17, 15) is 4.79 Å². The van der Waals surface area contributed by atoms with Crippen LogP contribution in [0.25, 0.3) is 0 Å². The highest BCUT2D eigenvalue weighted by atomic mass is 35.5. The van der Waals surface area contributed by atoms with Gasteiger partial charge in [-0.05, 0) is 13.8 Å². The van der Waals surface area contributed by atoms with Crippen molar-refractivity contribution in [3.8, 4) is 0 Å². The molecule has 84 valence electrons. The number of hydrogen-bond donors (Lipinski definition) is 1. The minimum Gasteiger partial charge on any atom is -0.325 e. The molecule has 1 N–H and O–H groups in total. The Labute approximate surface area is 98.3 Å². The van der Waals surface area contributed by atoms with Gasteiger partial charge in [0.05, 0.1) is 11.6 Å². The summed E-state index contributed by atoms with van der Waals surface area (Å²) in [5, 5.41) is 5.17. The van der Waals surface area contributed by atoms with Crippen molar-refractivity contribution in [2.75, 3.05) is 18.4 Å². The highest BCUT2D eigenvalue weighted by Crippen LogP contribution is 2.16. The number of thiazole rings is 1. The van der Waals surface area contributed by atoms with E-state index >= 15 is 0 Å². The molecule has 0 unspecified atom stereocenters. The van der Waals surface area contributed by atoms with Gasteiger partial charge in [0.1, 0.15) is 0 Å². The normalized spacial score (nSPS) is 10.1. The van der Waals surface area contributed by atoms with Gasteiger partial charge in [0.25, 0.3) is 0 Å². The molecule has 1 rings (SSSR count). The number of urea groups is 1. The van der Waals surface area contributed by atoms with Crippen molar-refractivity contribution < 1.29 is 4.79 Å². The van der Waals surface area contributed by atoms with Crippen LogP contribution >= 0.6 is 22.9 Å². The molecule has 0 spiro atoms. The zero-order valence-electron chi connectivity index (χ0n) is 8.79. The number of nitrogens with one attached hydrogen (secondary N) is 1. The van der Waals surface area contributed by atoms with Gasteiger partial charge in [0.15, 0.2) is 5.13 Å². The third kappa shape index (κ3) is 3.35. The summed E-state index contributed by atoms with van der Waals surface area (Å²) >= 11 is 7.00. The summed E-state index contributed by atoms with van der Waals surface area (Å²) in [6, 6.07) is -0.115. The van der Waals surface area contributed by atoms with Gasteiger partial charge >= 0.3 is 6.03 Å². The molecule has 0 aliphatic rings. The van der Waals surface area contributed by atoms with E-state index in [1.165, 1.54) is 11.3 Å². The van der Waals surface area contributed by atoms with Crippen LogP contribution in [0.3, 0.4) is 0 Å². The Morgan fingerprint density at radius 1 is 1.60 bits per heavy atom. The molecule has 0 radical (unpaired) electrons. The van der Waals surface area contributed by atoms with Crippen molar-refractivity contribution in [2.45, 2.75) is 19.7 Å². The molecule has 1 heterocycles. The van der Waals surface area contributed by atoms with Gasteiger partial charge in [-0.15, -0.1) is 22.9 Å². The smallest absolute Gasteiger partial charge is 0.323 e. The lowest BCUT2D eigenvalue weighted by Gasteiger charge is -2.17. The number of amides is 2. The maximum Gasteiger partial charge on any atom is 0.323 e. The van der Waals surface area contributed by atoms with Gasteiger partial charge in [-0.1, -0.05) is 0 Å². The minimum atomic E-state index is -0.115. The molecule has 0 aliphatic heterocycles. The predicted molar refractivity (Wildman–Crippen MR) is 63.6 cm³/mol. The predicted octanol–water partition coefficient (Wildman–Crippen LogP) is 2.76. The molecule has 1 aromatic rings. The average molecular weight is 248 g/mol. The van der Waals surface area contributed by atoms with E-state index in [4.69, 9.17) is 11.6 Å². The molecule has 0 saturated heterocycles. The maximum atomic E-state index is 11.6. The Kier molecular flexibility index (Phi) is 4.84. The molecule has 0 aliphatic carbocycles. The first-order valence-electron chi connectivity index (χ1n) is 4.77. The summed E-state index contributed by atoms with van der Waals surface area (Å²) in [5.41, 5.74) is 0.788. The Morgan fingerprint density at radius 2 is 2.27 bits per heavy atom. The van der Waals surface area contributed by atoms with Crippen LogP contribution in [0.2, 0.25) is 0 Å². The van der Waals surface area contributed by atoms with E-state index in [0.717, 1.165) is 5.69 Å². The van der Waals surface area contributed by atoms with Crippen molar-refractivity contribution >= 4 is 34.1 Å². The summed E-state index contributed by atoms with van der Waals surface area (Å²) in [7, 11) is 0. The van der Waals surface area contributed by atoms with Gasteiger partial charge in [0, 0.05) is 18.5 Å². The maximum absolute atomic E-state index is 11.6. The Balaban J connectivity index is 2.57. The number of carbonyl (C=O) groups excluding carboxylic acids is 1. The first kappa shape index (κ1) is 12.3. The number of carbonyl (C=O) groups is 1. The molecular formula is C9H14ClN3OS. The Bertz CT molecular complexity index is 325. The van der Waals surface area contributed by atoms with Crippen molar-refractivity contribution in [1.29, 1.82) is 0 Å². The second-order valence-corrected chi connectivity index (χ2v) is 4.01. The summed E-state index contributed by atoms with van der Waals surface area (Å²) in [5.74, 6) is 0.373. The van der Waals surface area contributed by atoms with Crippen molar-refractivity contribution in [1.82, 2.24) is 9.88 Å². The van der Waals surface area contributed by atoms with Gasteiger partial charge in [-0.3, -0.25) is 5.32 Å². The number of aromatic nitrogens is 1. The molecule has 0 fully saturated rings.